The van der Waals surface area contributed by atoms with E-state index in [1.807, 2.05) is 37.3 Å². The smallest absolute Gasteiger partial charge is 0.346 e. The van der Waals surface area contributed by atoms with Crippen molar-refractivity contribution in [3.63, 3.8) is 0 Å². The number of carboxylic acids is 2. The van der Waals surface area contributed by atoms with Gasteiger partial charge in [-0.05, 0) is 24.5 Å². The van der Waals surface area contributed by atoms with E-state index in [0.29, 0.717) is 17.8 Å². The first-order valence-corrected chi connectivity index (χ1v) is 12.3. The summed E-state index contributed by atoms with van der Waals surface area (Å²) in [7, 11) is -4.23. The Morgan fingerprint density at radius 3 is 2.12 bits per heavy atom. The third kappa shape index (κ3) is 4.41. The molecule has 2 N–H and O–H groups in total. The highest BCUT2D eigenvalue weighted by molar-refractivity contribution is 7.91. The molecule has 1 unspecified atom stereocenters. The SMILES string of the molecule is CCC(C(=O)N1CCN(S(=O)(=O)c2sc(C(=O)O)c(C)c2C(=O)O)CC1)c1ccccc1. The van der Waals surface area contributed by atoms with Crippen molar-refractivity contribution in [2.45, 2.75) is 30.4 Å². The van der Waals surface area contributed by atoms with Gasteiger partial charge in [0.2, 0.25) is 5.91 Å². The zero-order chi connectivity index (χ0) is 23.6. The van der Waals surface area contributed by atoms with Crippen LogP contribution in [0, 0.1) is 6.92 Å². The average Bonchev–Trinajstić information content (AvgIpc) is 3.13. The van der Waals surface area contributed by atoms with Crippen LogP contribution in [0.2, 0.25) is 0 Å². The lowest BCUT2D eigenvalue weighted by Crippen LogP contribution is -2.51. The second-order valence-corrected chi connectivity index (χ2v) is 10.6. The molecule has 1 aliphatic rings. The number of amides is 1. The van der Waals surface area contributed by atoms with Crippen molar-refractivity contribution in [1.29, 1.82) is 0 Å². The molecule has 1 saturated heterocycles. The van der Waals surface area contributed by atoms with Gasteiger partial charge in [-0.3, -0.25) is 4.79 Å². The largest absolute Gasteiger partial charge is 0.478 e. The van der Waals surface area contributed by atoms with Crippen LogP contribution < -0.4 is 0 Å². The van der Waals surface area contributed by atoms with Gasteiger partial charge in [0.15, 0.2) is 4.21 Å². The standard InChI is InChI=1S/C21H24N2O7S2/c1-3-15(14-7-5-4-6-8-14)18(24)22-9-11-23(12-10-22)32(29,30)21-16(19(25)26)13(2)17(31-21)20(27)28/h4-8,15H,3,9-12H2,1-2H3,(H,25,26)(H,27,28). The summed E-state index contributed by atoms with van der Waals surface area (Å²) in [6, 6.07) is 9.38. The fourth-order valence-corrected chi connectivity index (χ4v) is 7.08. The van der Waals surface area contributed by atoms with Crippen LogP contribution in [0.5, 0.6) is 0 Å². The van der Waals surface area contributed by atoms with Gasteiger partial charge in [-0.15, -0.1) is 11.3 Å². The van der Waals surface area contributed by atoms with Crippen molar-refractivity contribution in [2.75, 3.05) is 26.2 Å². The number of sulfonamides is 1. The zero-order valence-electron chi connectivity index (χ0n) is 17.6. The van der Waals surface area contributed by atoms with Crippen molar-refractivity contribution in [3.05, 3.63) is 51.9 Å². The Hall–Kier alpha value is -2.76. The van der Waals surface area contributed by atoms with Crippen LogP contribution in [-0.2, 0) is 14.8 Å². The van der Waals surface area contributed by atoms with E-state index in [4.69, 9.17) is 0 Å². The summed E-state index contributed by atoms with van der Waals surface area (Å²) in [4.78, 5) is 37.4. The van der Waals surface area contributed by atoms with Crippen molar-refractivity contribution in [2.24, 2.45) is 0 Å². The van der Waals surface area contributed by atoms with Gasteiger partial charge < -0.3 is 15.1 Å². The van der Waals surface area contributed by atoms with Crippen LogP contribution in [-0.4, -0.2) is 71.9 Å². The lowest BCUT2D eigenvalue weighted by molar-refractivity contribution is -0.134. The first-order valence-electron chi connectivity index (χ1n) is 10.0. The highest BCUT2D eigenvalue weighted by Gasteiger charge is 2.38. The minimum atomic E-state index is -4.23. The molecule has 1 aromatic carbocycles. The van der Waals surface area contributed by atoms with Gasteiger partial charge in [0.25, 0.3) is 10.0 Å². The third-order valence-electron chi connectivity index (χ3n) is 5.56. The second kappa shape index (κ2) is 9.39. The van der Waals surface area contributed by atoms with Crippen LogP contribution in [0.25, 0.3) is 0 Å². The van der Waals surface area contributed by atoms with Gasteiger partial charge in [0.1, 0.15) is 4.88 Å². The molecule has 9 nitrogen and oxygen atoms in total. The molecule has 2 aromatic rings. The molecule has 1 aliphatic heterocycles. The molecule has 0 radical (unpaired) electrons. The first kappa shape index (κ1) is 23.9. The summed E-state index contributed by atoms with van der Waals surface area (Å²) in [6.45, 7) is 3.53. The highest BCUT2D eigenvalue weighted by Crippen LogP contribution is 2.34. The lowest BCUT2D eigenvalue weighted by Gasteiger charge is -2.35. The van der Waals surface area contributed by atoms with E-state index in [1.54, 1.807) is 4.90 Å². The number of hydrogen-bond acceptors (Lipinski definition) is 6. The molecule has 1 atom stereocenters. The van der Waals surface area contributed by atoms with Gasteiger partial charge in [0, 0.05) is 26.2 Å². The van der Waals surface area contributed by atoms with Gasteiger partial charge in [-0.25, -0.2) is 18.0 Å². The number of carboxylic acid groups (broad SMARTS) is 2. The van der Waals surface area contributed by atoms with E-state index in [-0.39, 0.29) is 48.4 Å². The van der Waals surface area contributed by atoms with Crippen LogP contribution in [0.4, 0.5) is 0 Å². The van der Waals surface area contributed by atoms with Gasteiger partial charge >= 0.3 is 11.9 Å². The minimum Gasteiger partial charge on any atom is -0.478 e. The summed E-state index contributed by atoms with van der Waals surface area (Å²) in [6.07, 6.45) is 0.607. The molecule has 0 aliphatic carbocycles. The summed E-state index contributed by atoms with van der Waals surface area (Å²) >= 11 is 0.445. The maximum Gasteiger partial charge on any atom is 0.346 e. The number of nitrogens with zero attached hydrogens (tertiary/aromatic N) is 2. The molecule has 32 heavy (non-hydrogen) atoms. The lowest BCUT2D eigenvalue weighted by atomic mass is 9.95. The van der Waals surface area contributed by atoms with Crippen molar-refractivity contribution in [1.82, 2.24) is 9.21 Å². The predicted octanol–water partition coefficient (Wildman–Crippen LogP) is 2.48. The number of benzene rings is 1. The van der Waals surface area contributed by atoms with Crippen molar-refractivity contribution >= 4 is 39.2 Å². The zero-order valence-corrected chi connectivity index (χ0v) is 19.3. The quantitative estimate of drug-likeness (QED) is 0.622. The van der Waals surface area contributed by atoms with E-state index in [0.717, 1.165) is 9.87 Å². The third-order valence-corrected chi connectivity index (χ3v) is 9.23. The van der Waals surface area contributed by atoms with E-state index in [2.05, 4.69) is 0 Å². The minimum absolute atomic E-state index is 0.00227. The molecule has 0 bridgehead atoms. The van der Waals surface area contributed by atoms with Gasteiger partial charge in [-0.1, -0.05) is 37.3 Å². The second-order valence-electron chi connectivity index (χ2n) is 7.43. The molecule has 2 heterocycles. The summed E-state index contributed by atoms with van der Waals surface area (Å²) in [5, 5.41) is 18.8. The molecule has 1 amide bonds. The number of rotatable bonds is 7. The maximum atomic E-state index is 13.2. The van der Waals surface area contributed by atoms with E-state index >= 15 is 0 Å². The Morgan fingerprint density at radius 1 is 1.03 bits per heavy atom. The Balaban J connectivity index is 1.80. The van der Waals surface area contributed by atoms with Gasteiger partial charge in [-0.2, -0.15) is 4.31 Å². The van der Waals surface area contributed by atoms with Crippen LogP contribution in [0.3, 0.4) is 0 Å². The summed E-state index contributed by atoms with van der Waals surface area (Å²) < 4.78 is 27.0. The molecule has 172 valence electrons. The van der Waals surface area contributed by atoms with Gasteiger partial charge in [0.05, 0.1) is 11.5 Å². The fourth-order valence-electron chi connectivity index (χ4n) is 3.85. The fraction of sp³-hybridized carbons (Fsp3) is 0.381. The maximum absolute atomic E-state index is 13.2. The van der Waals surface area contributed by atoms with Crippen molar-refractivity contribution < 1.29 is 33.0 Å². The molecule has 1 fully saturated rings. The summed E-state index contributed by atoms with van der Waals surface area (Å²) in [5.41, 5.74) is 0.300. The van der Waals surface area contributed by atoms with E-state index in [9.17, 15) is 33.0 Å². The monoisotopic (exact) mass is 480 g/mol. The van der Waals surface area contributed by atoms with Crippen LogP contribution in [0.1, 0.15) is 50.4 Å². The number of carbonyl (C=O) groups excluding carboxylic acids is 1. The molecule has 0 saturated carbocycles. The number of aromatic carboxylic acids is 2. The molecular weight excluding hydrogens is 456 g/mol. The number of carbonyl (C=O) groups is 3. The Bertz CT molecular complexity index is 1130. The topological polar surface area (TPSA) is 132 Å². The molecule has 1 aromatic heterocycles. The normalized spacial score (nSPS) is 16.0. The molecule has 0 spiro atoms. The first-order chi connectivity index (χ1) is 15.1. The number of thiophene rings is 1. The number of hydrogen-bond donors (Lipinski definition) is 2. The molecule has 3 rings (SSSR count). The molecular formula is C21H24N2O7S2. The van der Waals surface area contributed by atoms with E-state index in [1.165, 1.54) is 6.92 Å². The van der Waals surface area contributed by atoms with Crippen molar-refractivity contribution in [3.8, 4) is 0 Å². The van der Waals surface area contributed by atoms with E-state index < -0.39 is 31.7 Å². The highest BCUT2D eigenvalue weighted by atomic mass is 32.2. The average molecular weight is 481 g/mol. The van der Waals surface area contributed by atoms with Crippen LogP contribution >= 0.6 is 11.3 Å². The summed E-state index contributed by atoms with van der Waals surface area (Å²) in [5.74, 6) is -3.27. The number of piperazine rings is 1. The molecule has 11 heteroatoms. The Kier molecular flexibility index (Phi) is 7.01. The predicted molar refractivity (Wildman–Crippen MR) is 118 cm³/mol. The Morgan fingerprint density at radius 2 is 1.62 bits per heavy atom. The Labute approximate surface area is 189 Å². The van der Waals surface area contributed by atoms with Crippen LogP contribution in [0.15, 0.2) is 34.5 Å².